The average Bonchev–Trinajstić information content (AvgIpc) is 2.51. The van der Waals surface area contributed by atoms with E-state index in [1.54, 1.807) is 0 Å². The van der Waals surface area contributed by atoms with Gasteiger partial charge in [0.2, 0.25) is 0 Å². The van der Waals surface area contributed by atoms with E-state index < -0.39 is 0 Å². The second kappa shape index (κ2) is 8.05. The summed E-state index contributed by atoms with van der Waals surface area (Å²) in [6, 6.07) is 16.8. The van der Waals surface area contributed by atoms with Gasteiger partial charge in [0.25, 0.3) is 0 Å². The van der Waals surface area contributed by atoms with Gasteiger partial charge in [0.15, 0.2) is 0 Å². The standard InChI is InChI=1S/C23H33NO/c1-18-9-7-8-10-20(18)16-25-21-13-11-19(12-14-21)15-24-23(5,6)17-22(2,3)4/h7-14,24H,15-17H2,1-6H3. The molecule has 0 radical (unpaired) electrons. The van der Waals surface area contributed by atoms with Crippen LogP contribution in [0.5, 0.6) is 5.75 Å². The van der Waals surface area contributed by atoms with Crippen LogP contribution in [-0.2, 0) is 13.2 Å². The third-order valence-electron chi connectivity index (χ3n) is 4.32. The minimum atomic E-state index is 0.123. The Morgan fingerprint density at radius 2 is 1.52 bits per heavy atom. The SMILES string of the molecule is Cc1ccccc1COc1ccc(CNC(C)(C)CC(C)(C)C)cc1. The highest BCUT2D eigenvalue weighted by molar-refractivity contribution is 5.29. The molecular weight excluding hydrogens is 306 g/mol. The van der Waals surface area contributed by atoms with Crippen LogP contribution in [0.3, 0.4) is 0 Å². The topological polar surface area (TPSA) is 21.3 Å². The van der Waals surface area contributed by atoms with E-state index in [2.05, 4.69) is 95.4 Å². The van der Waals surface area contributed by atoms with Crippen LogP contribution in [0.4, 0.5) is 0 Å². The Kier molecular flexibility index (Phi) is 6.29. The number of hydrogen-bond donors (Lipinski definition) is 1. The molecular formula is C23H33NO. The first-order valence-electron chi connectivity index (χ1n) is 9.16. The molecule has 0 fully saturated rings. The maximum absolute atomic E-state index is 5.92. The monoisotopic (exact) mass is 339 g/mol. The zero-order valence-corrected chi connectivity index (χ0v) is 16.6. The number of benzene rings is 2. The van der Waals surface area contributed by atoms with Crippen molar-refractivity contribution in [3.63, 3.8) is 0 Å². The van der Waals surface area contributed by atoms with Crippen molar-refractivity contribution in [2.24, 2.45) is 5.41 Å². The van der Waals surface area contributed by atoms with Gasteiger partial charge < -0.3 is 10.1 Å². The number of nitrogens with one attached hydrogen (secondary N) is 1. The smallest absolute Gasteiger partial charge is 0.119 e. The number of hydrogen-bond acceptors (Lipinski definition) is 2. The molecule has 0 aliphatic carbocycles. The van der Waals surface area contributed by atoms with Gasteiger partial charge in [0.1, 0.15) is 12.4 Å². The first-order chi connectivity index (χ1) is 11.6. The maximum atomic E-state index is 5.92. The lowest BCUT2D eigenvalue weighted by molar-refractivity contribution is 0.240. The summed E-state index contributed by atoms with van der Waals surface area (Å²) in [4.78, 5) is 0. The molecule has 1 N–H and O–H groups in total. The molecule has 25 heavy (non-hydrogen) atoms. The third kappa shape index (κ3) is 6.91. The van der Waals surface area contributed by atoms with Crippen LogP contribution < -0.4 is 10.1 Å². The van der Waals surface area contributed by atoms with E-state index in [1.807, 2.05) is 0 Å². The third-order valence-corrected chi connectivity index (χ3v) is 4.32. The van der Waals surface area contributed by atoms with Gasteiger partial charge in [-0.3, -0.25) is 0 Å². The van der Waals surface area contributed by atoms with Crippen LogP contribution >= 0.6 is 0 Å². The van der Waals surface area contributed by atoms with Crippen LogP contribution in [0, 0.1) is 12.3 Å². The fourth-order valence-electron chi connectivity index (χ4n) is 3.37. The van der Waals surface area contributed by atoms with Gasteiger partial charge in [-0.15, -0.1) is 0 Å². The van der Waals surface area contributed by atoms with Crippen molar-refractivity contribution < 1.29 is 4.74 Å². The molecule has 2 heteroatoms. The Morgan fingerprint density at radius 3 is 2.12 bits per heavy atom. The van der Waals surface area contributed by atoms with Crippen LogP contribution in [0.2, 0.25) is 0 Å². The zero-order chi connectivity index (χ0) is 18.5. The molecule has 0 saturated carbocycles. The van der Waals surface area contributed by atoms with Crippen LogP contribution in [0.25, 0.3) is 0 Å². The maximum Gasteiger partial charge on any atom is 0.119 e. The Labute approximate surface area is 153 Å². The predicted molar refractivity (Wildman–Crippen MR) is 107 cm³/mol. The van der Waals surface area contributed by atoms with Crippen LogP contribution in [-0.4, -0.2) is 5.54 Å². The minimum absolute atomic E-state index is 0.123. The lowest BCUT2D eigenvalue weighted by Gasteiger charge is -2.33. The lowest BCUT2D eigenvalue weighted by atomic mass is 9.82. The van der Waals surface area contributed by atoms with E-state index in [4.69, 9.17) is 4.74 Å². The van der Waals surface area contributed by atoms with E-state index in [0.29, 0.717) is 12.0 Å². The molecule has 0 saturated heterocycles. The van der Waals surface area contributed by atoms with Crippen LogP contribution in [0.1, 0.15) is 57.7 Å². The largest absolute Gasteiger partial charge is 0.489 e. The second-order valence-corrected chi connectivity index (χ2v) is 8.83. The molecule has 0 atom stereocenters. The van der Waals surface area contributed by atoms with E-state index >= 15 is 0 Å². The molecule has 0 heterocycles. The summed E-state index contributed by atoms with van der Waals surface area (Å²) in [5.74, 6) is 0.918. The fourth-order valence-corrected chi connectivity index (χ4v) is 3.37. The summed E-state index contributed by atoms with van der Waals surface area (Å²) in [6.45, 7) is 15.0. The molecule has 2 nitrogen and oxygen atoms in total. The molecule has 0 unspecified atom stereocenters. The van der Waals surface area contributed by atoms with Crippen LogP contribution in [0.15, 0.2) is 48.5 Å². The van der Waals surface area contributed by atoms with Crippen molar-refractivity contribution >= 4 is 0 Å². The Hall–Kier alpha value is -1.80. The van der Waals surface area contributed by atoms with Gasteiger partial charge in [-0.1, -0.05) is 57.2 Å². The van der Waals surface area contributed by atoms with Crippen molar-refractivity contribution in [2.75, 3.05) is 0 Å². The van der Waals surface area contributed by atoms with E-state index in [-0.39, 0.29) is 5.54 Å². The summed E-state index contributed by atoms with van der Waals surface area (Å²) < 4.78 is 5.92. The molecule has 0 spiro atoms. The summed E-state index contributed by atoms with van der Waals surface area (Å²) in [7, 11) is 0. The first-order valence-corrected chi connectivity index (χ1v) is 9.16. The Bertz CT molecular complexity index is 665. The molecule has 2 aromatic carbocycles. The summed E-state index contributed by atoms with van der Waals surface area (Å²) in [5, 5.41) is 3.68. The van der Waals surface area contributed by atoms with E-state index in [0.717, 1.165) is 18.7 Å². The molecule has 136 valence electrons. The average molecular weight is 340 g/mol. The first kappa shape index (κ1) is 19.5. The highest BCUT2D eigenvalue weighted by Crippen LogP contribution is 2.27. The van der Waals surface area contributed by atoms with Gasteiger partial charge in [-0.25, -0.2) is 0 Å². The minimum Gasteiger partial charge on any atom is -0.489 e. The number of aryl methyl sites for hydroxylation is 1. The van der Waals surface area contributed by atoms with Crippen molar-refractivity contribution in [1.29, 1.82) is 0 Å². The molecule has 2 rings (SSSR count). The highest BCUT2D eigenvalue weighted by atomic mass is 16.5. The van der Waals surface area contributed by atoms with E-state index in [9.17, 15) is 0 Å². The lowest BCUT2D eigenvalue weighted by Crippen LogP contribution is -2.41. The fraction of sp³-hybridized carbons (Fsp3) is 0.478. The number of ether oxygens (including phenoxy) is 1. The molecule has 0 aliphatic rings. The van der Waals surface area contributed by atoms with Crippen molar-refractivity contribution in [3.05, 3.63) is 65.2 Å². The second-order valence-electron chi connectivity index (χ2n) is 8.83. The normalized spacial score (nSPS) is 12.2. The Morgan fingerprint density at radius 1 is 0.880 bits per heavy atom. The van der Waals surface area contributed by atoms with Gasteiger partial charge in [0, 0.05) is 12.1 Å². The summed E-state index contributed by atoms with van der Waals surface area (Å²) in [5.41, 5.74) is 4.23. The molecule has 2 aromatic rings. The molecule has 0 bridgehead atoms. The molecule has 0 aliphatic heterocycles. The zero-order valence-electron chi connectivity index (χ0n) is 16.6. The predicted octanol–water partition coefficient (Wildman–Crippen LogP) is 5.88. The Balaban J connectivity index is 1.86. The van der Waals surface area contributed by atoms with E-state index in [1.165, 1.54) is 16.7 Å². The van der Waals surface area contributed by atoms with Gasteiger partial charge in [-0.05, 0) is 61.4 Å². The number of rotatable bonds is 7. The quantitative estimate of drug-likeness (QED) is 0.680. The van der Waals surface area contributed by atoms with Gasteiger partial charge in [0.05, 0.1) is 0 Å². The van der Waals surface area contributed by atoms with Gasteiger partial charge >= 0.3 is 0 Å². The van der Waals surface area contributed by atoms with Crippen molar-refractivity contribution in [2.45, 2.75) is 66.7 Å². The van der Waals surface area contributed by atoms with Crippen molar-refractivity contribution in [3.8, 4) is 5.75 Å². The molecule has 0 aromatic heterocycles. The summed E-state index contributed by atoms with van der Waals surface area (Å²) >= 11 is 0. The van der Waals surface area contributed by atoms with Crippen molar-refractivity contribution in [1.82, 2.24) is 5.32 Å². The highest BCUT2D eigenvalue weighted by Gasteiger charge is 2.24. The summed E-state index contributed by atoms with van der Waals surface area (Å²) in [6.07, 6.45) is 1.14. The molecule has 0 amide bonds. The van der Waals surface area contributed by atoms with Gasteiger partial charge in [-0.2, -0.15) is 0 Å².